The molecule has 1 aliphatic heterocycles. The fourth-order valence-corrected chi connectivity index (χ4v) is 4.07. The van der Waals surface area contributed by atoms with Gasteiger partial charge in [0, 0.05) is 34.1 Å². The third-order valence-electron chi connectivity index (χ3n) is 6.60. The number of hydrogen-bond donors (Lipinski definition) is 3. The number of hydrazone groups is 1. The summed E-state index contributed by atoms with van der Waals surface area (Å²) in [6.45, 7) is 12.3. The number of quaternary nitrogens is 1. The van der Waals surface area contributed by atoms with E-state index in [9.17, 15) is 9.90 Å². The van der Waals surface area contributed by atoms with E-state index in [0.717, 1.165) is 19.4 Å². The van der Waals surface area contributed by atoms with Crippen LogP contribution < -0.4 is 10.3 Å². The normalized spacial score (nSPS) is 18.3. The van der Waals surface area contributed by atoms with Crippen molar-refractivity contribution in [2.75, 3.05) is 13.6 Å². The van der Waals surface area contributed by atoms with E-state index in [-0.39, 0.29) is 22.5 Å². The Hall–Kier alpha value is -2.66. The van der Waals surface area contributed by atoms with Crippen LogP contribution >= 0.6 is 0 Å². The maximum atomic E-state index is 13.0. The molecule has 0 radical (unpaired) electrons. The van der Waals surface area contributed by atoms with Gasteiger partial charge in [0.1, 0.15) is 11.4 Å². The Kier molecular flexibility index (Phi) is 6.04. The summed E-state index contributed by atoms with van der Waals surface area (Å²) < 4.78 is 0. The molecule has 1 unspecified atom stereocenters. The third-order valence-corrected chi connectivity index (χ3v) is 6.60. The minimum Gasteiger partial charge on any atom is -0.507 e. The number of aromatic hydroxyl groups is 1. The van der Waals surface area contributed by atoms with Crippen molar-refractivity contribution in [3.05, 3.63) is 58.7 Å². The van der Waals surface area contributed by atoms with Crippen LogP contribution in [-0.4, -0.2) is 30.8 Å². The highest BCUT2D eigenvalue weighted by atomic mass is 16.3. The summed E-state index contributed by atoms with van der Waals surface area (Å²) in [7, 11) is 2.22. The van der Waals surface area contributed by atoms with Crippen LogP contribution in [0.3, 0.4) is 0 Å². The fraction of sp³-hybridized carbons (Fsp3) is 0.440. The van der Waals surface area contributed by atoms with E-state index in [2.05, 4.69) is 52.2 Å². The van der Waals surface area contributed by atoms with Crippen molar-refractivity contribution in [2.24, 2.45) is 5.10 Å². The van der Waals surface area contributed by atoms with Gasteiger partial charge in [-0.3, -0.25) is 4.79 Å². The zero-order valence-corrected chi connectivity index (χ0v) is 19.0. The number of nitrogens with zero attached hydrogens (tertiary/aromatic N) is 1. The average molecular weight is 409 g/mol. The van der Waals surface area contributed by atoms with Crippen LogP contribution in [0.4, 0.5) is 5.69 Å². The number of hydrogen-bond acceptors (Lipinski definition) is 3. The lowest BCUT2D eigenvalue weighted by Crippen LogP contribution is -3.05. The predicted molar refractivity (Wildman–Crippen MR) is 122 cm³/mol. The van der Waals surface area contributed by atoms with Crippen LogP contribution in [-0.2, 0) is 10.8 Å². The Balaban J connectivity index is 2.00. The Morgan fingerprint density at radius 2 is 2.00 bits per heavy atom. The van der Waals surface area contributed by atoms with E-state index in [1.807, 2.05) is 18.2 Å². The molecule has 0 saturated carbocycles. The molecule has 5 heteroatoms. The molecular formula is C25H34N3O2+. The zero-order chi connectivity index (χ0) is 22.1. The van der Waals surface area contributed by atoms with Crippen LogP contribution in [0.25, 0.3) is 0 Å². The van der Waals surface area contributed by atoms with Crippen LogP contribution in [0.15, 0.2) is 41.5 Å². The van der Waals surface area contributed by atoms with E-state index in [1.54, 1.807) is 18.2 Å². The minimum atomic E-state index is -0.239. The number of carbonyl (C=O) groups excluding carboxylic acids is 1. The molecule has 3 N–H and O–H groups in total. The summed E-state index contributed by atoms with van der Waals surface area (Å²) in [5.41, 5.74) is 7.63. The molecule has 2 aromatic carbocycles. The highest BCUT2D eigenvalue weighted by molar-refractivity contribution is 5.96. The van der Waals surface area contributed by atoms with Crippen molar-refractivity contribution in [1.82, 2.24) is 5.43 Å². The summed E-state index contributed by atoms with van der Waals surface area (Å²) in [5.74, 6) is -0.110. The van der Waals surface area contributed by atoms with Gasteiger partial charge in [0.15, 0.2) is 0 Å². The molecule has 0 bridgehead atoms. The molecule has 2 aromatic rings. The molecule has 5 nitrogen and oxygen atoms in total. The fourth-order valence-electron chi connectivity index (χ4n) is 4.07. The molecule has 160 valence electrons. The monoisotopic (exact) mass is 408 g/mol. The predicted octanol–water partition coefficient (Wildman–Crippen LogP) is 3.67. The van der Waals surface area contributed by atoms with Gasteiger partial charge >= 0.3 is 0 Å². The van der Waals surface area contributed by atoms with Crippen molar-refractivity contribution < 1.29 is 14.8 Å². The first-order valence-corrected chi connectivity index (χ1v) is 10.7. The second-order valence-electron chi connectivity index (χ2n) is 9.61. The molecule has 30 heavy (non-hydrogen) atoms. The smallest absolute Gasteiger partial charge is 0.271 e. The van der Waals surface area contributed by atoms with Crippen molar-refractivity contribution in [3.8, 4) is 5.75 Å². The van der Waals surface area contributed by atoms with Gasteiger partial charge in [0.2, 0.25) is 0 Å². The first kappa shape index (κ1) is 22.0. The van der Waals surface area contributed by atoms with E-state index >= 15 is 0 Å². The van der Waals surface area contributed by atoms with E-state index in [4.69, 9.17) is 0 Å². The van der Waals surface area contributed by atoms with Gasteiger partial charge in [-0.1, -0.05) is 46.8 Å². The number of carbonyl (C=O) groups is 1. The Bertz CT molecular complexity index is 976. The molecule has 0 aliphatic carbocycles. The van der Waals surface area contributed by atoms with E-state index in [0.29, 0.717) is 11.1 Å². The molecule has 3 rings (SSSR count). The molecule has 0 fully saturated rings. The molecule has 0 aromatic heterocycles. The molecule has 0 spiro atoms. The summed E-state index contributed by atoms with van der Waals surface area (Å²) in [5, 5.41) is 13.9. The van der Waals surface area contributed by atoms with Crippen molar-refractivity contribution in [1.29, 1.82) is 0 Å². The molecule has 1 amide bonds. The van der Waals surface area contributed by atoms with Gasteiger partial charge in [-0.25, -0.2) is 5.43 Å². The van der Waals surface area contributed by atoms with Gasteiger partial charge in [-0.2, -0.15) is 5.10 Å². The van der Waals surface area contributed by atoms with Crippen molar-refractivity contribution in [3.63, 3.8) is 0 Å². The van der Waals surface area contributed by atoms with Crippen LogP contribution in [0.2, 0.25) is 0 Å². The highest BCUT2D eigenvalue weighted by Gasteiger charge is 2.39. The maximum Gasteiger partial charge on any atom is 0.271 e. The summed E-state index contributed by atoms with van der Waals surface area (Å²) in [4.78, 5) is 14.4. The second-order valence-corrected chi connectivity index (χ2v) is 9.61. The number of rotatable bonds is 5. The van der Waals surface area contributed by atoms with E-state index < -0.39 is 0 Å². The number of nitrogens with one attached hydrogen (secondary N) is 2. The first-order valence-electron chi connectivity index (χ1n) is 10.7. The van der Waals surface area contributed by atoms with Crippen molar-refractivity contribution >= 4 is 17.8 Å². The quantitative estimate of drug-likeness (QED) is 0.522. The molecule has 1 heterocycles. The van der Waals surface area contributed by atoms with Crippen LogP contribution in [0.5, 0.6) is 5.75 Å². The topological polar surface area (TPSA) is 66.1 Å². The maximum absolute atomic E-state index is 13.0. The number of para-hydroxylation sites is 1. The van der Waals surface area contributed by atoms with Crippen molar-refractivity contribution in [2.45, 2.75) is 58.3 Å². The lowest BCUT2D eigenvalue weighted by Gasteiger charge is -2.39. The molecule has 0 saturated heterocycles. The Labute approximate surface area is 179 Å². The van der Waals surface area contributed by atoms with Gasteiger partial charge in [-0.05, 0) is 36.1 Å². The lowest BCUT2D eigenvalue weighted by molar-refractivity contribution is -0.814. The lowest BCUT2D eigenvalue weighted by atomic mass is 9.71. The molecule has 1 atom stereocenters. The zero-order valence-electron chi connectivity index (χ0n) is 19.0. The van der Waals surface area contributed by atoms with Gasteiger partial charge in [0.25, 0.3) is 5.91 Å². The average Bonchev–Trinajstić information content (AvgIpc) is 2.71. The largest absolute Gasteiger partial charge is 0.507 e. The summed E-state index contributed by atoms with van der Waals surface area (Å²) >= 11 is 0. The number of fused-ring (bicyclic) bond motifs is 1. The third kappa shape index (κ3) is 4.26. The van der Waals surface area contributed by atoms with Gasteiger partial charge in [-0.15, -0.1) is 0 Å². The molecule has 1 aliphatic rings. The Morgan fingerprint density at radius 1 is 1.30 bits per heavy atom. The minimum absolute atomic E-state index is 0.0167. The standard InChI is InChI=1S/C25H33N3O2/c1-7-24(2,3)19-14-18(15-20-22(19)28(6)13-12-25(20,4)5)23(30)27-26-16-17-10-8-9-11-21(17)29/h8-11,14-16,29H,7,12-13H2,1-6H3,(H,27,30)/p+1/b26-16+. The van der Waals surface area contributed by atoms with Gasteiger partial charge < -0.3 is 10.0 Å². The SMILES string of the molecule is CCC(C)(C)c1cc(C(=O)N/N=C/c2ccccc2O)cc2c1[NH+](C)CCC2(C)C. The number of amides is 1. The molecular weight excluding hydrogens is 374 g/mol. The number of benzene rings is 2. The Morgan fingerprint density at radius 3 is 2.67 bits per heavy atom. The number of phenols is 1. The second kappa shape index (κ2) is 8.23. The summed E-state index contributed by atoms with van der Waals surface area (Å²) in [6, 6.07) is 11.0. The number of phenolic OH excluding ortho intramolecular Hbond substituents is 1. The van der Waals surface area contributed by atoms with Crippen LogP contribution in [0.1, 0.15) is 74.5 Å². The van der Waals surface area contributed by atoms with Gasteiger partial charge in [0.05, 0.1) is 19.8 Å². The van der Waals surface area contributed by atoms with Crippen LogP contribution in [0, 0.1) is 0 Å². The highest BCUT2D eigenvalue weighted by Crippen LogP contribution is 2.41. The van der Waals surface area contributed by atoms with E-state index in [1.165, 1.54) is 27.9 Å². The summed E-state index contributed by atoms with van der Waals surface area (Å²) in [6.07, 6.45) is 3.53. The first-order chi connectivity index (χ1) is 14.1.